The Balaban J connectivity index is 1.94. The summed E-state index contributed by atoms with van der Waals surface area (Å²) in [7, 11) is 0. The molecule has 104 valence electrons. The van der Waals surface area contributed by atoms with Gasteiger partial charge in [0.1, 0.15) is 6.54 Å². The molecule has 0 saturated heterocycles. The van der Waals surface area contributed by atoms with Gasteiger partial charge in [-0.1, -0.05) is 0 Å². The lowest BCUT2D eigenvalue weighted by Gasteiger charge is -2.20. The third kappa shape index (κ3) is 3.61. The summed E-state index contributed by atoms with van der Waals surface area (Å²) in [4.78, 5) is 35.3. The number of nitrogens with one attached hydrogen (secondary N) is 1. The van der Waals surface area contributed by atoms with E-state index in [0.29, 0.717) is 11.4 Å². The van der Waals surface area contributed by atoms with Crippen molar-refractivity contribution in [3.05, 3.63) is 41.4 Å². The second-order valence-electron chi connectivity index (χ2n) is 4.05. The van der Waals surface area contributed by atoms with Gasteiger partial charge in [-0.25, -0.2) is 4.79 Å². The zero-order valence-electron chi connectivity index (χ0n) is 10.4. The first-order valence-electron chi connectivity index (χ1n) is 5.77. The van der Waals surface area contributed by atoms with Gasteiger partial charge in [0, 0.05) is 11.9 Å². The standard InChI is InChI=1S/C13H12N2O4S/c16-11(7-15-5-6-20-8-12(15)17)14-10-3-1-9(2-4-10)13(18)19/h1-6H,7-8H2,(H,14,16)(H,18,19). The number of hydrogen-bond donors (Lipinski definition) is 2. The van der Waals surface area contributed by atoms with Gasteiger partial charge in [-0.3, -0.25) is 9.59 Å². The first-order chi connectivity index (χ1) is 9.56. The van der Waals surface area contributed by atoms with Crippen molar-refractivity contribution in [1.82, 2.24) is 4.90 Å². The number of benzene rings is 1. The maximum absolute atomic E-state index is 11.8. The van der Waals surface area contributed by atoms with Gasteiger partial charge >= 0.3 is 5.97 Å². The third-order valence-corrected chi connectivity index (χ3v) is 3.32. The molecule has 0 spiro atoms. The second-order valence-corrected chi connectivity index (χ2v) is 4.94. The summed E-state index contributed by atoms with van der Waals surface area (Å²) in [6, 6.07) is 5.82. The van der Waals surface area contributed by atoms with Crippen molar-refractivity contribution in [1.29, 1.82) is 0 Å². The van der Waals surface area contributed by atoms with Gasteiger partial charge in [-0.2, -0.15) is 0 Å². The number of hydrogen-bond acceptors (Lipinski definition) is 4. The first kappa shape index (κ1) is 14.1. The molecule has 0 fully saturated rings. The van der Waals surface area contributed by atoms with Gasteiger partial charge in [0.2, 0.25) is 11.8 Å². The number of amides is 2. The molecule has 0 saturated carbocycles. The molecule has 0 aromatic heterocycles. The summed E-state index contributed by atoms with van der Waals surface area (Å²) in [6.07, 6.45) is 1.57. The van der Waals surface area contributed by atoms with Crippen LogP contribution in [0.2, 0.25) is 0 Å². The number of rotatable bonds is 4. The molecule has 1 heterocycles. The van der Waals surface area contributed by atoms with E-state index in [2.05, 4.69) is 5.32 Å². The van der Waals surface area contributed by atoms with Gasteiger partial charge in [0.25, 0.3) is 0 Å². The Morgan fingerprint density at radius 3 is 2.60 bits per heavy atom. The number of carbonyl (C=O) groups excluding carboxylic acids is 2. The van der Waals surface area contributed by atoms with E-state index in [9.17, 15) is 14.4 Å². The van der Waals surface area contributed by atoms with Crippen molar-refractivity contribution in [3.8, 4) is 0 Å². The highest BCUT2D eigenvalue weighted by Gasteiger charge is 2.17. The van der Waals surface area contributed by atoms with Gasteiger partial charge in [-0.05, 0) is 29.7 Å². The summed E-state index contributed by atoms with van der Waals surface area (Å²) in [6.45, 7) is -0.0590. The second kappa shape index (κ2) is 6.25. The van der Waals surface area contributed by atoms with E-state index >= 15 is 0 Å². The molecule has 1 aliphatic rings. The van der Waals surface area contributed by atoms with Crippen molar-refractivity contribution in [2.45, 2.75) is 0 Å². The lowest BCUT2D eigenvalue weighted by atomic mass is 10.2. The number of nitrogens with zero attached hydrogens (tertiary/aromatic N) is 1. The third-order valence-electron chi connectivity index (χ3n) is 2.59. The van der Waals surface area contributed by atoms with Crippen molar-refractivity contribution >= 4 is 35.2 Å². The Labute approximate surface area is 119 Å². The minimum atomic E-state index is -1.02. The highest BCUT2D eigenvalue weighted by molar-refractivity contribution is 8.02. The number of carboxylic acids is 1. The zero-order chi connectivity index (χ0) is 14.5. The normalized spacial score (nSPS) is 14.2. The van der Waals surface area contributed by atoms with Crippen LogP contribution >= 0.6 is 11.8 Å². The van der Waals surface area contributed by atoms with E-state index in [1.54, 1.807) is 11.6 Å². The molecule has 2 rings (SSSR count). The summed E-state index contributed by atoms with van der Waals surface area (Å²) in [5, 5.41) is 13.1. The monoisotopic (exact) mass is 292 g/mol. The Bertz CT molecular complexity index is 568. The molecule has 1 aromatic rings. The summed E-state index contributed by atoms with van der Waals surface area (Å²) < 4.78 is 0. The van der Waals surface area contributed by atoms with Crippen LogP contribution in [0, 0.1) is 0 Å². The number of anilines is 1. The molecule has 0 radical (unpaired) electrons. The van der Waals surface area contributed by atoms with Crippen molar-refractivity contribution in [2.24, 2.45) is 0 Å². The molecular weight excluding hydrogens is 280 g/mol. The van der Waals surface area contributed by atoms with Crippen LogP contribution in [-0.2, 0) is 9.59 Å². The lowest BCUT2D eigenvalue weighted by molar-refractivity contribution is -0.129. The summed E-state index contributed by atoms with van der Waals surface area (Å²) in [5.74, 6) is -1.15. The van der Waals surface area contributed by atoms with E-state index in [4.69, 9.17) is 5.11 Å². The van der Waals surface area contributed by atoms with E-state index in [1.165, 1.54) is 40.9 Å². The molecule has 1 aliphatic heterocycles. The summed E-state index contributed by atoms with van der Waals surface area (Å²) in [5.41, 5.74) is 0.636. The van der Waals surface area contributed by atoms with Crippen molar-refractivity contribution in [3.63, 3.8) is 0 Å². The van der Waals surface area contributed by atoms with Crippen LogP contribution in [0.25, 0.3) is 0 Å². The Hall–Kier alpha value is -2.28. The van der Waals surface area contributed by atoms with E-state index in [0.717, 1.165) is 0 Å². The van der Waals surface area contributed by atoms with Crippen LogP contribution in [0.5, 0.6) is 0 Å². The number of thioether (sulfide) groups is 1. The van der Waals surface area contributed by atoms with Gasteiger partial charge < -0.3 is 15.3 Å². The number of aromatic carboxylic acids is 1. The van der Waals surface area contributed by atoms with Gasteiger partial charge in [0.15, 0.2) is 0 Å². The fourth-order valence-electron chi connectivity index (χ4n) is 1.59. The van der Waals surface area contributed by atoms with Gasteiger partial charge in [-0.15, -0.1) is 11.8 Å². The maximum atomic E-state index is 11.8. The minimum Gasteiger partial charge on any atom is -0.478 e. The quantitative estimate of drug-likeness (QED) is 0.875. The molecule has 0 bridgehead atoms. The molecule has 2 N–H and O–H groups in total. The zero-order valence-corrected chi connectivity index (χ0v) is 11.2. The van der Waals surface area contributed by atoms with Crippen LogP contribution in [0.4, 0.5) is 5.69 Å². The maximum Gasteiger partial charge on any atom is 0.335 e. The van der Waals surface area contributed by atoms with Crippen LogP contribution in [0.3, 0.4) is 0 Å². The smallest absolute Gasteiger partial charge is 0.335 e. The predicted octanol–water partition coefficient (Wildman–Crippen LogP) is 1.37. The fourth-order valence-corrected chi connectivity index (χ4v) is 2.23. The molecule has 0 unspecified atom stereocenters. The predicted molar refractivity (Wildman–Crippen MR) is 75.3 cm³/mol. The molecule has 6 nitrogen and oxygen atoms in total. The van der Waals surface area contributed by atoms with E-state index < -0.39 is 5.97 Å². The molecule has 0 aliphatic carbocycles. The van der Waals surface area contributed by atoms with Crippen molar-refractivity contribution < 1.29 is 19.5 Å². The lowest BCUT2D eigenvalue weighted by Crippen LogP contribution is -2.36. The first-order valence-corrected chi connectivity index (χ1v) is 6.82. The fraction of sp³-hybridized carbons (Fsp3) is 0.154. The summed E-state index contributed by atoms with van der Waals surface area (Å²) >= 11 is 1.38. The Morgan fingerprint density at radius 1 is 1.30 bits per heavy atom. The van der Waals surface area contributed by atoms with Crippen LogP contribution < -0.4 is 5.32 Å². The molecule has 7 heteroatoms. The van der Waals surface area contributed by atoms with Crippen LogP contribution in [-0.4, -0.2) is 40.1 Å². The molecular formula is C13H12N2O4S. The average molecular weight is 292 g/mol. The Kier molecular flexibility index (Phi) is 4.41. The Morgan fingerprint density at radius 2 is 2.00 bits per heavy atom. The van der Waals surface area contributed by atoms with Gasteiger partial charge in [0.05, 0.1) is 11.3 Å². The molecule has 20 heavy (non-hydrogen) atoms. The minimum absolute atomic E-state index is 0.0590. The highest BCUT2D eigenvalue weighted by Crippen LogP contribution is 2.13. The number of carbonyl (C=O) groups is 3. The topological polar surface area (TPSA) is 86.7 Å². The average Bonchev–Trinajstić information content (AvgIpc) is 2.42. The highest BCUT2D eigenvalue weighted by atomic mass is 32.2. The van der Waals surface area contributed by atoms with E-state index in [1.807, 2.05) is 0 Å². The van der Waals surface area contributed by atoms with Crippen molar-refractivity contribution in [2.75, 3.05) is 17.6 Å². The largest absolute Gasteiger partial charge is 0.478 e. The molecule has 2 amide bonds. The number of carboxylic acid groups (broad SMARTS) is 1. The molecule has 0 atom stereocenters. The SMILES string of the molecule is O=C(CN1C=CSCC1=O)Nc1ccc(C(=O)O)cc1. The van der Waals surface area contributed by atoms with Crippen LogP contribution in [0.1, 0.15) is 10.4 Å². The van der Waals surface area contributed by atoms with Crippen LogP contribution in [0.15, 0.2) is 35.9 Å². The van der Waals surface area contributed by atoms with E-state index in [-0.39, 0.29) is 23.9 Å². The molecule has 1 aromatic carbocycles.